The zero-order valence-corrected chi connectivity index (χ0v) is 15.3. The van der Waals surface area contributed by atoms with Crippen molar-refractivity contribution in [3.63, 3.8) is 0 Å². The number of benzene rings is 1. The Kier molecular flexibility index (Phi) is 5.28. The summed E-state index contributed by atoms with van der Waals surface area (Å²) in [6.07, 6.45) is -2.07. The molecule has 1 aromatic carbocycles. The number of aromatic nitrogens is 2. The van der Waals surface area contributed by atoms with Crippen molar-refractivity contribution < 1.29 is 23.1 Å². The van der Waals surface area contributed by atoms with E-state index in [0.29, 0.717) is 23.4 Å². The third-order valence-corrected chi connectivity index (χ3v) is 5.10. The number of amides is 1. The van der Waals surface area contributed by atoms with Crippen LogP contribution in [0.4, 0.5) is 13.2 Å². The zero-order valence-electron chi connectivity index (χ0n) is 15.3. The highest BCUT2D eigenvalue weighted by Gasteiger charge is 2.38. The maximum Gasteiger partial charge on any atom is 0.435 e. The van der Waals surface area contributed by atoms with Gasteiger partial charge in [-0.2, -0.15) is 18.3 Å². The molecule has 2 heterocycles. The molecule has 1 N–H and O–H groups in total. The fraction of sp³-hybridized carbons (Fsp3) is 0.474. The molecule has 1 amide bonds. The summed E-state index contributed by atoms with van der Waals surface area (Å²) in [4.78, 5) is 14.5. The molecular weight excluding hydrogens is 359 g/mol. The summed E-state index contributed by atoms with van der Waals surface area (Å²) in [7, 11) is 1.46. The summed E-state index contributed by atoms with van der Waals surface area (Å²) in [6, 6.07) is 5.95. The monoisotopic (exact) mass is 381 g/mol. The molecule has 1 saturated heterocycles. The molecule has 0 saturated carbocycles. The van der Waals surface area contributed by atoms with E-state index >= 15 is 0 Å². The second kappa shape index (κ2) is 7.34. The fourth-order valence-corrected chi connectivity index (χ4v) is 3.58. The number of piperidine rings is 1. The Balaban J connectivity index is 2.01. The van der Waals surface area contributed by atoms with Crippen molar-refractivity contribution in [1.82, 2.24) is 14.7 Å². The number of nitrogens with zero attached hydrogens (tertiary/aromatic N) is 3. The lowest BCUT2D eigenvalue weighted by molar-refractivity contribution is -0.140. The first-order valence-corrected chi connectivity index (χ1v) is 8.87. The minimum atomic E-state index is -4.59. The van der Waals surface area contributed by atoms with E-state index in [1.807, 2.05) is 0 Å². The summed E-state index contributed by atoms with van der Waals surface area (Å²) < 4.78 is 41.4. The highest BCUT2D eigenvalue weighted by molar-refractivity contribution is 5.96. The molecule has 8 heteroatoms. The molecule has 0 aliphatic carbocycles. The number of carbonyl (C=O) groups excluding carboxylic acids is 1. The van der Waals surface area contributed by atoms with Crippen molar-refractivity contribution in [1.29, 1.82) is 0 Å². The summed E-state index contributed by atoms with van der Waals surface area (Å²) in [5.74, 6) is -0.272. The van der Waals surface area contributed by atoms with Crippen molar-refractivity contribution in [2.45, 2.75) is 38.4 Å². The van der Waals surface area contributed by atoms with Gasteiger partial charge in [-0.15, -0.1) is 0 Å². The number of aliphatic hydroxyl groups excluding tert-OH is 1. The van der Waals surface area contributed by atoms with Gasteiger partial charge in [0.25, 0.3) is 5.91 Å². The molecule has 1 aliphatic heterocycles. The van der Waals surface area contributed by atoms with Gasteiger partial charge in [0.2, 0.25) is 0 Å². The highest BCUT2D eigenvalue weighted by atomic mass is 19.4. The lowest BCUT2D eigenvalue weighted by Gasteiger charge is -2.34. The first kappa shape index (κ1) is 19.4. The van der Waals surface area contributed by atoms with Gasteiger partial charge in [0, 0.05) is 30.4 Å². The second-order valence-corrected chi connectivity index (χ2v) is 6.84. The third kappa shape index (κ3) is 3.71. The van der Waals surface area contributed by atoms with Crippen LogP contribution in [0.2, 0.25) is 0 Å². The van der Waals surface area contributed by atoms with Gasteiger partial charge in [-0.25, -0.2) is 0 Å². The number of carbonyl (C=O) groups is 1. The Morgan fingerprint density at radius 1 is 1.33 bits per heavy atom. The molecule has 1 aromatic heterocycles. The van der Waals surface area contributed by atoms with Crippen molar-refractivity contribution in [3.8, 4) is 11.1 Å². The number of halogens is 3. The average molecular weight is 381 g/mol. The minimum absolute atomic E-state index is 0.0167. The van der Waals surface area contributed by atoms with E-state index in [1.54, 1.807) is 30.0 Å². The van der Waals surface area contributed by atoms with Gasteiger partial charge in [0.1, 0.15) is 0 Å². The normalized spacial score (nSPS) is 18.0. The van der Waals surface area contributed by atoms with E-state index in [1.165, 1.54) is 17.8 Å². The lowest BCUT2D eigenvalue weighted by Crippen LogP contribution is -2.45. The Hall–Kier alpha value is -2.35. The van der Waals surface area contributed by atoms with Gasteiger partial charge in [-0.3, -0.25) is 9.48 Å². The standard InChI is InChI=1S/C19H22F3N3O2/c1-12-16(17(19(20,21)22)23-24(12)2)13-6-5-7-14(10-13)18(27)25-9-4-3-8-15(25)11-26/h5-7,10,15,26H,3-4,8-9,11H2,1-2H3/t15-/m1/s1. The van der Waals surface area contributed by atoms with Gasteiger partial charge < -0.3 is 10.0 Å². The van der Waals surface area contributed by atoms with Crippen LogP contribution in [0.3, 0.4) is 0 Å². The third-order valence-electron chi connectivity index (χ3n) is 5.10. The maximum absolute atomic E-state index is 13.4. The predicted molar refractivity (Wildman–Crippen MR) is 94.1 cm³/mol. The summed E-state index contributed by atoms with van der Waals surface area (Å²) >= 11 is 0. The van der Waals surface area contributed by atoms with Gasteiger partial charge in [0.15, 0.2) is 5.69 Å². The molecule has 0 spiro atoms. The molecule has 0 radical (unpaired) electrons. The topological polar surface area (TPSA) is 58.4 Å². The van der Waals surface area contributed by atoms with Crippen LogP contribution in [0.15, 0.2) is 24.3 Å². The molecule has 1 fully saturated rings. The molecule has 0 unspecified atom stereocenters. The molecule has 146 valence electrons. The summed E-state index contributed by atoms with van der Waals surface area (Å²) in [6.45, 7) is 1.98. The Bertz CT molecular complexity index is 845. The number of hydrogen-bond donors (Lipinski definition) is 1. The average Bonchev–Trinajstić information content (AvgIpc) is 2.96. The van der Waals surface area contributed by atoms with Gasteiger partial charge in [0.05, 0.1) is 12.6 Å². The smallest absolute Gasteiger partial charge is 0.394 e. The van der Waals surface area contributed by atoms with Crippen LogP contribution in [0.25, 0.3) is 11.1 Å². The molecule has 5 nitrogen and oxygen atoms in total. The molecule has 1 atom stereocenters. The van der Waals surface area contributed by atoms with E-state index in [-0.39, 0.29) is 24.1 Å². The van der Waals surface area contributed by atoms with Crippen molar-refractivity contribution in [2.24, 2.45) is 7.05 Å². The van der Waals surface area contributed by atoms with Crippen LogP contribution in [-0.2, 0) is 13.2 Å². The van der Waals surface area contributed by atoms with E-state index in [4.69, 9.17) is 0 Å². The van der Waals surface area contributed by atoms with Gasteiger partial charge in [-0.05, 0) is 43.9 Å². The predicted octanol–water partition coefficient (Wildman–Crippen LogP) is 3.40. The van der Waals surface area contributed by atoms with Gasteiger partial charge >= 0.3 is 6.18 Å². The first-order valence-electron chi connectivity index (χ1n) is 8.87. The number of likely N-dealkylation sites (tertiary alicyclic amines) is 1. The summed E-state index contributed by atoms with van der Waals surface area (Å²) in [5.41, 5.74) is 0.00833. The number of aliphatic hydroxyl groups is 1. The van der Waals surface area contributed by atoms with Crippen LogP contribution in [0, 0.1) is 6.92 Å². The van der Waals surface area contributed by atoms with E-state index < -0.39 is 11.9 Å². The van der Waals surface area contributed by atoms with Crippen molar-refractivity contribution >= 4 is 5.91 Å². The van der Waals surface area contributed by atoms with Crippen LogP contribution < -0.4 is 0 Å². The minimum Gasteiger partial charge on any atom is -0.394 e. The largest absolute Gasteiger partial charge is 0.435 e. The van der Waals surface area contributed by atoms with E-state index in [9.17, 15) is 23.1 Å². The lowest BCUT2D eigenvalue weighted by atomic mass is 9.98. The zero-order chi connectivity index (χ0) is 19.8. The Morgan fingerprint density at radius 2 is 2.07 bits per heavy atom. The first-order chi connectivity index (χ1) is 12.7. The quantitative estimate of drug-likeness (QED) is 0.887. The summed E-state index contributed by atoms with van der Waals surface area (Å²) in [5, 5.41) is 13.1. The maximum atomic E-state index is 13.4. The second-order valence-electron chi connectivity index (χ2n) is 6.84. The molecule has 0 bridgehead atoms. The van der Waals surface area contributed by atoms with Crippen molar-refractivity contribution in [3.05, 3.63) is 41.2 Å². The number of aryl methyl sites for hydroxylation is 1. The van der Waals surface area contributed by atoms with Crippen LogP contribution in [-0.4, -0.2) is 44.9 Å². The SMILES string of the molecule is Cc1c(-c2cccc(C(=O)N3CCCC[C@@H]3CO)c2)c(C(F)(F)F)nn1C. The molecule has 2 aromatic rings. The van der Waals surface area contributed by atoms with Crippen LogP contribution >= 0.6 is 0 Å². The Labute approximate surface area is 155 Å². The molecule has 3 rings (SSSR count). The fourth-order valence-electron chi connectivity index (χ4n) is 3.58. The number of hydrogen-bond acceptors (Lipinski definition) is 3. The number of rotatable bonds is 3. The number of alkyl halides is 3. The molecule has 27 heavy (non-hydrogen) atoms. The Morgan fingerprint density at radius 3 is 2.74 bits per heavy atom. The molecule has 1 aliphatic rings. The van der Waals surface area contributed by atoms with Crippen LogP contribution in [0.1, 0.15) is 41.0 Å². The van der Waals surface area contributed by atoms with E-state index in [2.05, 4.69) is 5.10 Å². The highest BCUT2D eigenvalue weighted by Crippen LogP contribution is 2.38. The molecular formula is C19H22F3N3O2. The van der Waals surface area contributed by atoms with Crippen LogP contribution in [0.5, 0.6) is 0 Å². The van der Waals surface area contributed by atoms with Gasteiger partial charge in [-0.1, -0.05) is 12.1 Å². The van der Waals surface area contributed by atoms with Crippen molar-refractivity contribution in [2.75, 3.05) is 13.2 Å². The van der Waals surface area contributed by atoms with E-state index in [0.717, 1.165) is 19.3 Å².